The first-order valence-electron chi connectivity index (χ1n) is 9.24. The molecular formula is C18H23F3N2O4S. The maximum Gasteiger partial charge on any atom is 0.416 e. The summed E-state index contributed by atoms with van der Waals surface area (Å²) < 4.78 is 70.5. The molecule has 0 bridgehead atoms. The van der Waals surface area contributed by atoms with Crippen LogP contribution in [0.15, 0.2) is 29.2 Å². The van der Waals surface area contributed by atoms with Crippen LogP contribution in [0.1, 0.15) is 31.2 Å². The van der Waals surface area contributed by atoms with Gasteiger partial charge in [-0.05, 0) is 43.9 Å². The van der Waals surface area contributed by atoms with Gasteiger partial charge in [0, 0.05) is 32.2 Å². The second-order valence-corrected chi connectivity index (χ2v) is 9.02. The fraction of sp³-hybridized carbons (Fsp3) is 0.611. The van der Waals surface area contributed by atoms with E-state index in [1.807, 2.05) is 0 Å². The Morgan fingerprint density at radius 1 is 1.21 bits per heavy atom. The van der Waals surface area contributed by atoms with Crippen LogP contribution in [-0.2, 0) is 25.7 Å². The molecule has 0 saturated carbocycles. The first-order valence-corrected chi connectivity index (χ1v) is 10.7. The molecule has 2 heterocycles. The summed E-state index contributed by atoms with van der Waals surface area (Å²) in [6.07, 6.45) is -2.03. The fourth-order valence-electron chi connectivity index (χ4n) is 3.50. The monoisotopic (exact) mass is 420 g/mol. The number of rotatable bonds is 5. The molecule has 2 aliphatic rings. The van der Waals surface area contributed by atoms with Gasteiger partial charge in [0.05, 0.1) is 16.6 Å². The quantitative estimate of drug-likeness (QED) is 0.794. The van der Waals surface area contributed by atoms with Crippen molar-refractivity contribution in [1.29, 1.82) is 0 Å². The number of sulfonamides is 1. The van der Waals surface area contributed by atoms with Crippen LogP contribution in [0.25, 0.3) is 0 Å². The van der Waals surface area contributed by atoms with Gasteiger partial charge in [0.15, 0.2) is 0 Å². The van der Waals surface area contributed by atoms with E-state index in [2.05, 4.69) is 5.32 Å². The Balaban J connectivity index is 1.58. The van der Waals surface area contributed by atoms with Crippen molar-refractivity contribution >= 4 is 15.9 Å². The van der Waals surface area contributed by atoms with Crippen molar-refractivity contribution in [2.75, 3.05) is 26.2 Å². The van der Waals surface area contributed by atoms with E-state index in [0.29, 0.717) is 32.1 Å². The lowest BCUT2D eigenvalue weighted by molar-refractivity contribution is -0.137. The smallest absolute Gasteiger partial charge is 0.376 e. The summed E-state index contributed by atoms with van der Waals surface area (Å²) in [5.41, 5.74) is -1.00. The van der Waals surface area contributed by atoms with Crippen molar-refractivity contribution in [3.63, 3.8) is 0 Å². The van der Waals surface area contributed by atoms with Crippen molar-refractivity contribution in [3.8, 4) is 0 Å². The molecule has 0 spiro atoms. The minimum atomic E-state index is -4.61. The van der Waals surface area contributed by atoms with Gasteiger partial charge in [-0.25, -0.2) is 8.42 Å². The second-order valence-electron chi connectivity index (χ2n) is 7.08. The Morgan fingerprint density at radius 3 is 2.54 bits per heavy atom. The molecule has 1 amide bonds. The first-order chi connectivity index (χ1) is 13.2. The van der Waals surface area contributed by atoms with E-state index in [1.165, 1.54) is 0 Å². The van der Waals surface area contributed by atoms with Crippen LogP contribution < -0.4 is 5.32 Å². The Morgan fingerprint density at radius 2 is 1.93 bits per heavy atom. The predicted octanol–water partition coefficient (Wildman–Crippen LogP) is 2.40. The van der Waals surface area contributed by atoms with Gasteiger partial charge >= 0.3 is 6.18 Å². The lowest BCUT2D eigenvalue weighted by atomic mass is 9.97. The predicted molar refractivity (Wildman–Crippen MR) is 94.9 cm³/mol. The molecule has 0 radical (unpaired) electrons. The van der Waals surface area contributed by atoms with Crippen molar-refractivity contribution in [2.45, 2.75) is 42.9 Å². The zero-order chi connectivity index (χ0) is 20.4. The van der Waals surface area contributed by atoms with Gasteiger partial charge in [0.25, 0.3) is 0 Å². The van der Waals surface area contributed by atoms with E-state index in [1.54, 1.807) is 0 Å². The molecule has 6 nitrogen and oxygen atoms in total. The number of benzene rings is 1. The van der Waals surface area contributed by atoms with Crippen LogP contribution in [0.4, 0.5) is 13.2 Å². The molecule has 0 aliphatic carbocycles. The van der Waals surface area contributed by atoms with Crippen LogP contribution in [-0.4, -0.2) is 51.0 Å². The molecule has 10 heteroatoms. The first kappa shape index (κ1) is 21.1. The highest BCUT2D eigenvalue weighted by molar-refractivity contribution is 7.89. The van der Waals surface area contributed by atoms with Gasteiger partial charge in [-0.3, -0.25) is 4.79 Å². The molecule has 2 fully saturated rings. The minimum Gasteiger partial charge on any atom is -0.376 e. The number of nitrogens with zero attached hydrogens (tertiary/aromatic N) is 1. The van der Waals surface area contributed by atoms with Gasteiger partial charge in [0.1, 0.15) is 0 Å². The van der Waals surface area contributed by atoms with Gasteiger partial charge in [-0.2, -0.15) is 17.5 Å². The third-order valence-corrected chi connectivity index (χ3v) is 7.05. The summed E-state index contributed by atoms with van der Waals surface area (Å²) in [6.45, 7) is 1.33. The fourth-order valence-corrected chi connectivity index (χ4v) is 5.02. The summed E-state index contributed by atoms with van der Waals surface area (Å²) >= 11 is 0. The van der Waals surface area contributed by atoms with Crippen molar-refractivity contribution in [2.24, 2.45) is 5.92 Å². The molecule has 28 heavy (non-hydrogen) atoms. The van der Waals surface area contributed by atoms with Crippen LogP contribution in [0.5, 0.6) is 0 Å². The van der Waals surface area contributed by atoms with E-state index in [-0.39, 0.29) is 35.9 Å². The van der Waals surface area contributed by atoms with Crippen LogP contribution in [0, 0.1) is 5.92 Å². The highest BCUT2D eigenvalue weighted by atomic mass is 32.2. The number of hydrogen-bond donors (Lipinski definition) is 1. The number of alkyl halides is 3. The number of ether oxygens (including phenoxy) is 1. The topological polar surface area (TPSA) is 75.7 Å². The maximum absolute atomic E-state index is 12.9. The lowest BCUT2D eigenvalue weighted by Crippen LogP contribution is -2.44. The van der Waals surface area contributed by atoms with Crippen LogP contribution in [0.2, 0.25) is 0 Å². The van der Waals surface area contributed by atoms with Crippen molar-refractivity contribution in [1.82, 2.24) is 9.62 Å². The molecule has 2 aliphatic heterocycles. The molecule has 156 valence electrons. The number of carbonyl (C=O) groups is 1. The highest BCUT2D eigenvalue weighted by Gasteiger charge is 2.35. The number of carbonyl (C=O) groups excluding carboxylic acids is 1. The number of halogens is 3. The molecule has 1 aromatic rings. The number of hydrogen-bond acceptors (Lipinski definition) is 4. The third-order valence-electron chi connectivity index (χ3n) is 5.15. The third kappa shape index (κ3) is 4.84. The second kappa shape index (κ2) is 8.38. The minimum absolute atomic E-state index is 0.0327. The SMILES string of the molecule is O=C(NCC1CCCO1)C1CCN(S(=O)(=O)c2cccc(C(F)(F)F)c2)CC1. The van der Waals surface area contributed by atoms with Gasteiger partial charge in [-0.15, -0.1) is 0 Å². The summed E-state index contributed by atoms with van der Waals surface area (Å²) in [5.74, 6) is -0.444. The zero-order valence-electron chi connectivity index (χ0n) is 15.2. The summed E-state index contributed by atoms with van der Waals surface area (Å²) in [6, 6.07) is 3.73. The van der Waals surface area contributed by atoms with E-state index < -0.39 is 21.8 Å². The average Bonchev–Trinajstić information content (AvgIpc) is 3.19. The lowest BCUT2D eigenvalue weighted by Gasteiger charge is -2.30. The molecule has 0 aromatic heterocycles. The Labute approximate surface area is 162 Å². The summed E-state index contributed by atoms with van der Waals surface area (Å²) in [4.78, 5) is 11.9. The Kier molecular flexibility index (Phi) is 6.31. The summed E-state index contributed by atoms with van der Waals surface area (Å²) in [7, 11) is -4.04. The van der Waals surface area contributed by atoms with Crippen LogP contribution >= 0.6 is 0 Å². The normalized spacial score (nSPS) is 22.3. The molecule has 3 rings (SSSR count). The van der Waals surface area contributed by atoms with Gasteiger partial charge in [-0.1, -0.05) is 6.07 Å². The van der Waals surface area contributed by atoms with E-state index in [4.69, 9.17) is 4.74 Å². The number of piperidine rings is 1. The molecular weight excluding hydrogens is 397 g/mol. The van der Waals surface area contributed by atoms with Crippen molar-refractivity contribution < 1.29 is 31.1 Å². The molecule has 1 atom stereocenters. The molecule has 1 N–H and O–H groups in total. The number of nitrogens with one attached hydrogen (secondary N) is 1. The molecule has 1 unspecified atom stereocenters. The van der Waals surface area contributed by atoms with Crippen molar-refractivity contribution in [3.05, 3.63) is 29.8 Å². The average molecular weight is 420 g/mol. The summed E-state index contributed by atoms with van der Waals surface area (Å²) in [5, 5.41) is 2.85. The van der Waals surface area contributed by atoms with Gasteiger partial charge < -0.3 is 10.1 Å². The standard InChI is InChI=1S/C18H23F3N2O4S/c19-18(20,21)14-3-1-5-16(11-14)28(25,26)23-8-6-13(7-9-23)17(24)22-12-15-4-2-10-27-15/h1,3,5,11,13,15H,2,4,6-10,12H2,(H,22,24). The van der Waals surface area contributed by atoms with E-state index >= 15 is 0 Å². The Hall–Kier alpha value is -1.65. The zero-order valence-corrected chi connectivity index (χ0v) is 16.1. The highest BCUT2D eigenvalue weighted by Crippen LogP contribution is 2.32. The largest absolute Gasteiger partial charge is 0.416 e. The molecule has 2 saturated heterocycles. The van der Waals surface area contributed by atoms with E-state index in [0.717, 1.165) is 35.3 Å². The Bertz CT molecular complexity index is 799. The number of amides is 1. The van der Waals surface area contributed by atoms with Gasteiger partial charge in [0.2, 0.25) is 15.9 Å². The molecule has 1 aromatic carbocycles. The maximum atomic E-state index is 12.9. The van der Waals surface area contributed by atoms with Crippen LogP contribution in [0.3, 0.4) is 0 Å². The van der Waals surface area contributed by atoms with E-state index in [9.17, 15) is 26.4 Å².